The molecule has 1 atom stereocenters. The molecule has 1 fully saturated rings. The number of amidine groups is 1. The second kappa shape index (κ2) is 3.94. The Morgan fingerprint density at radius 2 is 2.25 bits per heavy atom. The second-order valence-corrected chi connectivity index (χ2v) is 4.53. The van der Waals surface area contributed by atoms with E-state index in [2.05, 4.69) is 0 Å². The van der Waals surface area contributed by atoms with Crippen LogP contribution in [0.4, 0.5) is 0 Å². The first kappa shape index (κ1) is 9.58. The van der Waals surface area contributed by atoms with E-state index in [0.717, 1.165) is 19.5 Å². The van der Waals surface area contributed by atoms with Gasteiger partial charge in [-0.3, -0.25) is 10.2 Å². The highest BCUT2D eigenvalue weighted by molar-refractivity contribution is 8.14. The third-order valence-electron chi connectivity index (χ3n) is 1.95. The van der Waals surface area contributed by atoms with E-state index < -0.39 is 0 Å². The fraction of sp³-hybridized carbons (Fsp3) is 0.750. The number of rotatable bonds is 1. The molecule has 1 rings (SSSR count). The summed E-state index contributed by atoms with van der Waals surface area (Å²) in [7, 11) is 0. The molecule has 0 aliphatic carbocycles. The predicted molar refractivity (Wildman–Crippen MR) is 51.7 cm³/mol. The van der Waals surface area contributed by atoms with Crippen LogP contribution in [-0.2, 0) is 4.79 Å². The highest BCUT2D eigenvalue weighted by Gasteiger charge is 2.23. The van der Waals surface area contributed by atoms with Crippen LogP contribution in [-0.4, -0.2) is 34.2 Å². The maximum atomic E-state index is 10.8. The van der Waals surface area contributed by atoms with Gasteiger partial charge in [-0.15, -0.1) is 0 Å². The van der Waals surface area contributed by atoms with Gasteiger partial charge in [0.2, 0.25) is 0 Å². The van der Waals surface area contributed by atoms with Crippen molar-refractivity contribution in [3.05, 3.63) is 0 Å². The normalized spacial score (nSPS) is 22.8. The van der Waals surface area contributed by atoms with Crippen LogP contribution in [0.2, 0.25) is 0 Å². The summed E-state index contributed by atoms with van der Waals surface area (Å²) < 4.78 is 0. The van der Waals surface area contributed by atoms with E-state index in [1.165, 1.54) is 11.8 Å². The van der Waals surface area contributed by atoms with Gasteiger partial charge in [-0.25, -0.2) is 0 Å². The Bertz CT molecular complexity index is 205. The minimum absolute atomic E-state index is 0.185. The summed E-state index contributed by atoms with van der Waals surface area (Å²) in [5, 5.41) is 7.99. The lowest BCUT2D eigenvalue weighted by Gasteiger charge is -2.15. The van der Waals surface area contributed by atoms with E-state index in [4.69, 9.17) is 5.41 Å². The van der Waals surface area contributed by atoms with Crippen molar-refractivity contribution in [2.45, 2.75) is 25.5 Å². The fourth-order valence-electron chi connectivity index (χ4n) is 1.36. The number of thioether (sulfide) groups is 1. The largest absolute Gasteiger partial charge is 0.360 e. The predicted octanol–water partition coefficient (Wildman–Crippen LogP) is 1.34. The lowest BCUT2D eigenvalue weighted by atomic mass is 10.4. The average Bonchev–Trinajstić information content (AvgIpc) is 2.34. The van der Waals surface area contributed by atoms with E-state index in [1.54, 1.807) is 13.8 Å². The van der Waals surface area contributed by atoms with Crippen LogP contribution in [0.25, 0.3) is 0 Å². The molecule has 68 valence electrons. The molecule has 1 saturated heterocycles. The molecule has 3 nitrogen and oxygen atoms in total. The van der Waals surface area contributed by atoms with Gasteiger partial charge < -0.3 is 4.90 Å². The molecule has 0 amide bonds. The molecule has 4 heteroatoms. The summed E-state index contributed by atoms with van der Waals surface area (Å²) in [4.78, 5) is 12.8. The second-order valence-electron chi connectivity index (χ2n) is 3.05. The minimum atomic E-state index is 0.185. The first-order valence-electron chi connectivity index (χ1n) is 4.07. The number of hydrogen-bond donors (Lipinski definition) is 1. The number of carbonyl (C=O) groups is 1. The molecule has 1 N–H and O–H groups in total. The van der Waals surface area contributed by atoms with Crippen LogP contribution in [0.3, 0.4) is 0 Å². The van der Waals surface area contributed by atoms with E-state index in [1.807, 2.05) is 4.90 Å². The van der Waals surface area contributed by atoms with Crippen molar-refractivity contribution in [3.63, 3.8) is 0 Å². The number of nitrogens with one attached hydrogen (secondary N) is 1. The van der Waals surface area contributed by atoms with Crippen molar-refractivity contribution in [1.29, 1.82) is 5.41 Å². The summed E-state index contributed by atoms with van der Waals surface area (Å²) in [6, 6.07) is 0. The number of hydrogen-bond acceptors (Lipinski definition) is 3. The monoisotopic (exact) mass is 186 g/mol. The van der Waals surface area contributed by atoms with Crippen LogP contribution in [0.1, 0.15) is 20.3 Å². The van der Waals surface area contributed by atoms with Crippen molar-refractivity contribution in [1.82, 2.24) is 4.90 Å². The maximum Gasteiger partial charge on any atom is 0.186 e. The minimum Gasteiger partial charge on any atom is -0.360 e. The van der Waals surface area contributed by atoms with Crippen molar-refractivity contribution in [2.24, 2.45) is 0 Å². The van der Waals surface area contributed by atoms with Gasteiger partial charge in [0.15, 0.2) is 5.12 Å². The first-order valence-corrected chi connectivity index (χ1v) is 4.95. The van der Waals surface area contributed by atoms with Gasteiger partial charge in [-0.2, -0.15) is 0 Å². The molecule has 1 heterocycles. The van der Waals surface area contributed by atoms with Gasteiger partial charge in [0.05, 0.1) is 5.84 Å². The number of nitrogens with zero attached hydrogens (tertiary/aromatic N) is 1. The van der Waals surface area contributed by atoms with Gasteiger partial charge in [-0.05, 0) is 13.3 Å². The topological polar surface area (TPSA) is 44.2 Å². The standard InChI is InChI=1S/C8H14N2OS/c1-6(9)10-4-3-8(5-10)12-7(2)11/h8-9H,3-5H2,1-2H3. The van der Waals surface area contributed by atoms with Crippen LogP contribution < -0.4 is 0 Å². The number of likely N-dealkylation sites (tertiary alicyclic amines) is 1. The molecule has 12 heavy (non-hydrogen) atoms. The molecule has 0 saturated carbocycles. The Labute approximate surface area is 77.0 Å². The Kier molecular flexibility index (Phi) is 3.14. The molecule has 0 radical (unpaired) electrons. The average molecular weight is 186 g/mol. The van der Waals surface area contributed by atoms with Gasteiger partial charge in [-0.1, -0.05) is 11.8 Å². The lowest BCUT2D eigenvalue weighted by Crippen LogP contribution is -2.25. The molecular formula is C8H14N2OS. The SMILES string of the molecule is CC(=N)N1CCC(SC(C)=O)C1. The maximum absolute atomic E-state index is 10.8. The zero-order valence-corrected chi connectivity index (χ0v) is 8.28. The van der Waals surface area contributed by atoms with Gasteiger partial charge >= 0.3 is 0 Å². The third-order valence-corrected chi connectivity index (χ3v) is 3.00. The molecule has 1 unspecified atom stereocenters. The van der Waals surface area contributed by atoms with E-state index in [9.17, 15) is 4.79 Å². The van der Waals surface area contributed by atoms with Crippen LogP contribution in [0, 0.1) is 5.41 Å². The van der Waals surface area contributed by atoms with E-state index in [0.29, 0.717) is 11.1 Å². The lowest BCUT2D eigenvalue weighted by molar-refractivity contribution is -0.109. The molecule has 0 spiro atoms. The highest BCUT2D eigenvalue weighted by Crippen LogP contribution is 2.22. The number of carbonyl (C=O) groups excluding carboxylic acids is 1. The zero-order valence-electron chi connectivity index (χ0n) is 7.46. The van der Waals surface area contributed by atoms with Gasteiger partial charge in [0, 0.05) is 25.3 Å². The van der Waals surface area contributed by atoms with Crippen molar-refractivity contribution < 1.29 is 4.79 Å². The Balaban J connectivity index is 2.35. The van der Waals surface area contributed by atoms with E-state index >= 15 is 0 Å². The molecular weight excluding hydrogens is 172 g/mol. The summed E-state index contributed by atoms with van der Waals surface area (Å²) >= 11 is 1.41. The molecule has 0 aromatic rings. The Hall–Kier alpha value is -0.510. The molecule has 0 bridgehead atoms. The van der Waals surface area contributed by atoms with Crippen molar-refractivity contribution in [2.75, 3.05) is 13.1 Å². The molecule has 1 aliphatic heterocycles. The van der Waals surface area contributed by atoms with Crippen molar-refractivity contribution >= 4 is 22.7 Å². The first-order chi connectivity index (χ1) is 5.59. The van der Waals surface area contributed by atoms with Gasteiger partial charge in [0.25, 0.3) is 0 Å². The summed E-state index contributed by atoms with van der Waals surface area (Å²) in [5.41, 5.74) is 0. The highest BCUT2D eigenvalue weighted by atomic mass is 32.2. The Morgan fingerprint density at radius 1 is 1.58 bits per heavy atom. The molecule has 0 aromatic heterocycles. The fourth-order valence-corrected chi connectivity index (χ4v) is 2.31. The zero-order chi connectivity index (χ0) is 9.14. The Morgan fingerprint density at radius 3 is 2.67 bits per heavy atom. The van der Waals surface area contributed by atoms with Crippen LogP contribution in [0.15, 0.2) is 0 Å². The van der Waals surface area contributed by atoms with Crippen LogP contribution in [0.5, 0.6) is 0 Å². The molecule has 0 aromatic carbocycles. The smallest absolute Gasteiger partial charge is 0.186 e. The van der Waals surface area contributed by atoms with E-state index in [-0.39, 0.29) is 5.12 Å². The van der Waals surface area contributed by atoms with Crippen LogP contribution >= 0.6 is 11.8 Å². The van der Waals surface area contributed by atoms with Crippen molar-refractivity contribution in [3.8, 4) is 0 Å². The summed E-state index contributed by atoms with van der Waals surface area (Å²) in [6.45, 7) is 5.19. The quantitative estimate of drug-likeness (QED) is 0.496. The third kappa shape index (κ3) is 2.52. The summed E-state index contributed by atoms with van der Waals surface area (Å²) in [6.07, 6.45) is 1.03. The summed E-state index contributed by atoms with van der Waals surface area (Å²) in [5.74, 6) is 0.613. The molecule has 1 aliphatic rings. The van der Waals surface area contributed by atoms with Gasteiger partial charge in [0.1, 0.15) is 0 Å².